The second kappa shape index (κ2) is 9.19. The van der Waals surface area contributed by atoms with Gasteiger partial charge in [-0.3, -0.25) is 0 Å². The molecule has 0 heterocycles. The van der Waals surface area contributed by atoms with Crippen molar-refractivity contribution in [2.45, 2.75) is 0 Å². The molecule has 4 heteroatoms. The number of rotatable bonds is 0. The van der Waals surface area contributed by atoms with Crippen LogP contribution < -0.4 is 10.5 Å². The van der Waals surface area contributed by atoms with Crippen LogP contribution in [0.4, 0.5) is 0 Å². The zero-order chi connectivity index (χ0) is 2.71. The van der Waals surface area contributed by atoms with E-state index in [4.69, 9.17) is 10.5 Å². The predicted octanol–water partition coefficient (Wildman–Crippen LogP) is -2.83. The molecule has 0 aliphatic carbocycles. The van der Waals surface area contributed by atoms with Crippen LogP contribution in [0.3, 0.4) is 0 Å². The molecule has 0 atom stereocenters. The normalized spacial score (nSPS) is 4.50. The van der Waals surface area contributed by atoms with E-state index in [0.29, 0.717) is 0 Å². The van der Waals surface area contributed by atoms with Gasteiger partial charge in [-0.05, 0) is 0 Å². The van der Waals surface area contributed by atoms with E-state index in [9.17, 15) is 0 Å². The van der Waals surface area contributed by atoms with Gasteiger partial charge in [-0.2, -0.15) is 0 Å². The summed E-state index contributed by atoms with van der Waals surface area (Å²) >= 11 is 0. The zero-order valence-corrected chi connectivity index (χ0v) is 5.61. The van der Waals surface area contributed by atoms with E-state index in [1.807, 2.05) is 0 Å². The van der Waals surface area contributed by atoms with Gasteiger partial charge in [0, 0.05) is 0 Å². The van der Waals surface area contributed by atoms with E-state index >= 15 is 0 Å². The van der Waals surface area contributed by atoms with Gasteiger partial charge in [0.15, 0.2) is 0 Å². The summed E-state index contributed by atoms with van der Waals surface area (Å²) in [5, 5.41) is 17.5. The van der Waals surface area contributed by atoms with Crippen molar-refractivity contribution in [1.29, 1.82) is 0 Å². The molecule has 4 heavy (non-hydrogen) atoms. The molecule has 0 aromatic rings. The first-order chi connectivity index (χ1) is 1.41. The van der Waals surface area contributed by atoms with Crippen LogP contribution in [0, 0.1) is 0 Å². The van der Waals surface area contributed by atoms with E-state index in [1.54, 1.807) is 5.04 Å². The Bertz CT molecular complexity index is 3.25. The van der Waals surface area contributed by atoms with Crippen LogP contribution in [0.5, 0.6) is 0 Å². The topological polar surface area (TPSA) is 55.3 Å². The van der Waals surface area contributed by atoms with Crippen LogP contribution in [0.1, 0.15) is 0 Å². The quantitative estimate of drug-likeness (QED) is 0.266. The Morgan fingerprint density at radius 3 is 1.25 bits per heavy atom. The molecule has 0 aromatic heterocycles. The minimum atomic E-state index is 0. The average Bonchev–Trinajstić information content (AvgIpc) is 0.918. The molecule has 0 bridgehead atoms. The Hall–Kier alpha value is 0.802. The van der Waals surface area contributed by atoms with E-state index in [0.717, 1.165) is 0 Å². The van der Waals surface area contributed by atoms with Crippen LogP contribution >= 0.6 is 0 Å². The van der Waals surface area contributed by atoms with Crippen molar-refractivity contribution in [3.63, 3.8) is 0 Å². The Morgan fingerprint density at radius 1 is 1.25 bits per heavy atom. The Kier molecular flexibility index (Phi) is 20.3. The minimum Gasteiger partial charge on any atom is -0.734 e. The molecule has 0 saturated carbocycles. The second-order valence-electron chi connectivity index (χ2n) is 0.0680. The maximum atomic E-state index is 7.88. The molecule has 22 valence electrons. The maximum absolute atomic E-state index is 7.88. The second-order valence-corrected chi connectivity index (χ2v) is 0.0680. The van der Waals surface area contributed by atoms with Crippen molar-refractivity contribution < 1.29 is 15.6 Å². The third-order valence-corrected chi connectivity index (χ3v) is 0. The first-order valence-electron chi connectivity index (χ1n) is 0.333. The van der Waals surface area contributed by atoms with Gasteiger partial charge in [-0.15, -0.1) is 0 Å². The standard InChI is InChI=1S/H2O3.Pb/c1-3-2;/h1-2H;/q;+2/p-2. The smallest absolute Gasteiger partial charge is 0.734 e. The Balaban J connectivity index is 0. The van der Waals surface area contributed by atoms with Crippen LogP contribution in [0.2, 0.25) is 0 Å². The fourth-order valence-corrected chi connectivity index (χ4v) is 0. The van der Waals surface area contributed by atoms with Gasteiger partial charge in [-0.1, -0.05) is 0 Å². The Morgan fingerprint density at radius 2 is 1.25 bits per heavy atom. The van der Waals surface area contributed by atoms with Crippen molar-refractivity contribution >= 4 is 27.3 Å². The van der Waals surface area contributed by atoms with Gasteiger partial charge in [0.25, 0.3) is 0 Å². The largest absolute Gasteiger partial charge is 2.00 e. The summed E-state index contributed by atoms with van der Waals surface area (Å²) in [5.41, 5.74) is 0. The summed E-state index contributed by atoms with van der Waals surface area (Å²) in [6.45, 7) is 0. The molecule has 0 aliphatic heterocycles. The molecule has 0 rings (SSSR count). The fourth-order valence-electron chi connectivity index (χ4n) is 0. The molecule has 3 nitrogen and oxygen atoms in total. The summed E-state index contributed by atoms with van der Waals surface area (Å²) in [4.78, 5) is 0. The van der Waals surface area contributed by atoms with Gasteiger partial charge in [0.1, 0.15) is 0 Å². The van der Waals surface area contributed by atoms with Gasteiger partial charge in [0.05, 0.1) is 0 Å². The van der Waals surface area contributed by atoms with E-state index in [1.165, 1.54) is 0 Å². The Labute approximate surface area is 43.2 Å². The summed E-state index contributed by atoms with van der Waals surface area (Å²) < 4.78 is 0. The van der Waals surface area contributed by atoms with E-state index in [2.05, 4.69) is 0 Å². The summed E-state index contributed by atoms with van der Waals surface area (Å²) in [6, 6.07) is 0. The minimum absolute atomic E-state index is 0. The molecule has 0 spiro atoms. The summed E-state index contributed by atoms with van der Waals surface area (Å²) in [5.74, 6) is 0. The van der Waals surface area contributed by atoms with Crippen molar-refractivity contribution in [3.05, 3.63) is 0 Å². The summed E-state index contributed by atoms with van der Waals surface area (Å²) in [6.07, 6.45) is 0. The SMILES string of the molecule is [O-]O[O-].[Pb+2]. The number of hydrogen-bond acceptors (Lipinski definition) is 3. The van der Waals surface area contributed by atoms with Gasteiger partial charge in [-0.25, -0.2) is 0 Å². The third kappa shape index (κ3) is 14.1. The predicted molar refractivity (Wildman–Crippen MR) is 6.84 cm³/mol. The van der Waals surface area contributed by atoms with Crippen molar-refractivity contribution in [3.8, 4) is 0 Å². The first-order valence-corrected chi connectivity index (χ1v) is 0.333. The van der Waals surface area contributed by atoms with E-state index in [-0.39, 0.29) is 27.3 Å². The van der Waals surface area contributed by atoms with Crippen molar-refractivity contribution in [1.82, 2.24) is 0 Å². The molecule has 0 N–H and O–H groups in total. The molecule has 0 amide bonds. The fraction of sp³-hybridized carbons (Fsp3) is 0. The van der Waals surface area contributed by atoms with Crippen LogP contribution in [-0.2, 0) is 5.04 Å². The molecule has 0 saturated heterocycles. The van der Waals surface area contributed by atoms with Crippen LogP contribution in [-0.4, -0.2) is 27.3 Å². The first kappa shape index (κ1) is 8.84. The molecular formula is O3Pb. The monoisotopic (exact) mass is 256 g/mol. The third-order valence-electron chi connectivity index (χ3n) is 0. The molecule has 0 unspecified atom stereocenters. The van der Waals surface area contributed by atoms with E-state index < -0.39 is 0 Å². The molecular weight excluding hydrogens is 255 g/mol. The number of hydrogen-bond donors (Lipinski definition) is 0. The van der Waals surface area contributed by atoms with Gasteiger partial charge in [0.2, 0.25) is 0 Å². The molecule has 0 fully saturated rings. The van der Waals surface area contributed by atoms with Crippen molar-refractivity contribution in [2.24, 2.45) is 0 Å². The van der Waals surface area contributed by atoms with Crippen LogP contribution in [0.15, 0.2) is 0 Å². The van der Waals surface area contributed by atoms with Crippen molar-refractivity contribution in [2.75, 3.05) is 0 Å². The average molecular weight is 255 g/mol. The molecule has 0 aromatic carbocycles. The summed E-state index contributed by atoms with van der Waals surface area (Å²) in [7, 11) is 0. The van der Waals surface area contributed by atoms with Gasteiger partial charge >= 0.3 is 27.3 Å². The molecule has 0 aliphatic rings. The van der Waals surface area contributed by atoms with Crippen LogP contribution in [0.25, 0.3) is 0 Å². The van der Waals surface area contributed by atoms with Gasteiger partial charge < -0.3 is 15.6 Å². The molecule has 2 radical (unpaired) electrons. The zero-order valence-electron chi connectivity index (χ0n) is 1.72. The maximum Gasteiger partial charge on any atom is 2.00 e.